The Balaban J connectivity index is 1.19. The summed E-state index contributed by atoms with van der Waals surface area (Å²) < 4.78 is 2.32. The van der Waals surface area contributed by atoms with Crippen molar-refractivity contribution in [3.8, 4) is 22.5 Å². The summed E-state index contributed by atoms with van der Waals surface area (Å²) in [5.74, 6) is 2.03. The van der Waals surface area contributed by atoms with Crippen LogP contribution in [0.15, 0.2) is 67.3 Å². The summed E-state index contributed by atoms with van der Waals surface area (Å²) in [6, 6.07) is 16.9. The maximum Gasteiger partial charge on any atom is 0.225 e. The number of aromatic amines is 1. The first kappa shape index (κ1) is 20.4. The van der Waals surface area contributed by atoms with Crippen molar-refractivity contribution < 1.29 is 4.79 Å². The first-order valence-electron chi connectivity index (χ1n) is 12.4. The van der Waals surface area contributed by atoms with Gasteiger partial charge in [-0.2, -0.15) is 0 Å². The molecule has 2 aromatic carbocycles. The number of amides is 1. The molecule has 3 aromatic heterocycles. The van der Waals surface area contributed by atoms with E-state index in [9.17, 15) is 4.79 Å². The minimum atomic E-state index is 0.289. The smallest absolute Gasteiger partial charge is 0.225 e. The molecule has 174 valence electrons. The quantitative estimate of drug-likeness (QED) is 0.403. The molecule has 7 rings (SSSR count). The average Bonchev–Trinajstić information content (AvgIpc) is 3.30. The second kappa shape index (κ2) is 8.05. The first-order chi connectivity index (χ1) is 17.2. The zero-order valence-corrected chi connectivity index (χ0v) is 19.4. The molecule has 1 saturated heterocycles. The van der Waals surface area contributed by atoms with Gasteiger partial charge in [0.2, 0.25) is 5.91 Å². The summed E-state index contributed by atoms with van der Waals surface area (Å²) in [7, 11) is 0. The fraction of sp³-hybridized carbons (Fsp3) is 0.286. The molecule has 1 unspecified atom stereocenters. The number of carbonyl (C=O) groups excluding carboxylic acids is 1. The molecule has 2 aliphatic rings. The number of aromatic nitrogens is 5. The zero-order valence-electron chi connectivity index (χ0n) is 19.4. The molecule has 1 aliphatic carbocycles. The summed E-state index contributed by atoms with van der Waals surface area (Å²) in [4.78, 5) is 31.4. The first-order valence-corrected chi connectivity index (χ1v) is 12.4. The highest BCUT2D eigenvalue weighted by Crippen LogP contribution is 2.34. The lowest BCUT2D eigenvalue weighted by Crippen LogP contribution is -2.30. The Bertz CT molecular complexity index is 1550. The number of rotatable bonds is 5. The Labute approximate surface area is 202 Å². The van der Waals surface area contributed by atoms with Gasteiger partial charge >= 0.3 is 0 Å². The molecule has 7 heteroatoms. The second-order valence-corrected chi connectivity index (χ2v) is 9.84. The van der Waals surface area contributed by atoms with Crippen LogP contribution in [0.1, 0.15) is 19.3 Å². The van der Waals surface area contributed by atoms with Crippen molar-refractivity contribution >= 4 is 28.0 Å². The molecule has 35 heavy (non-hydrogen) atoms. The van der Waals surface area contributed by atoms with Gasteiger partial charge in [0.25, 0.3) is 0 Å². The molecule has 7 nitrogen and oxygen atoms in total. The molecule has 0 bridgehead atoms. The van der Waals surface area contributed by atoms with Crippen LogP contribution in [0.4, 0.5) is 0 Å². The SMILES string of the molecule is O=C(C1CC1)N1CCC(Cn2c(-c3ccc(-c4ccc5nc[nH]c5c4)cc3)nc3cnccc32)C1. The van der Waals surface area contributed by atoms with Gasteiger partial charge in [-0.15, -0.1) is 0 Å². The predicted molar refractivity (Wildman–Crippen MR) is 135 cm³/mol. The van der Waals surface area contributed by atoms with Gasteiger partial charge in [-0.3, -0.25) is 9.78 Å². The summed E-state index contributed by atoms with van der Waals surface area (Å²) in [5.41, 5.74) is 7.38. The highest BCUT2D eigenvalue weighted by Gasteiger charge is 2.36. The Morgan fingerprint density at radius 3 is 2.66 bits per heavy atom. The molecule has 1 saturated carbocycles. The van der Waals surface area contributed by atoms with E-state index in [0.29, 0.717) is 11.8 Å². The van der Waals surface area contributed by atoms with Crippen molar-refractivity contribution in [2.45, 2.75) is 25.8 Å². The molecule has 4 heterocycles. The molecular formula is C28H26N6O. The monoisotopic (exact) mass is 462 g/mol. The van der Waals surface area contributed by atoms with Crippen LogP contribution in [0.5, 0.6) is 0 Å². The normalized spacial score (nSPS) is 18.1. The van der Waals surface area contributed by atoms with Crippen LogP contribution in [-0.2, 0) is 11.3 Å². The molecule has 0 spiro atoms. The summed E-state index contributed by atoms with van der Waals surface area (Å²) in [6.07, 6.45) is 8.56. The van der Waals surface area contributed by atoms with E-state index in [0.717, 1.165) is 83.5 Å². The van der Waals surface area contributed by atoms with Gasteiger partial charge in [0.15, 0.2) is 0 Å². The van der Waals surface area contributed by atoms with Gasteiger partial charge in [0, 0.05) is 37.3 Å². The summed E-state index contributed by atoms with van der Waals surface area (Å²) >= 11 is 0. The third-order valence-corrected chi connectivity index (χ3v) is 7.41. The van der Waals surface area contributed by atoms with Gasteiger partial charge in [-0.25, -0.2) is 9.97 Å². The van der Waals surface area contributed by atoms with Crippen LogP contribution < -0.4 is 0 Å². The van der Waals surface area contributed by atoms with E-state index >= 15 is 0 Å². The molecular weight excluding hydrogens is 436 g/mol. The van der Waals surface area contributed by atoms with Crippen molar-refractivity contribution in [3.05, 3.63) is 67.3 Å². The largest absolute Gasteiger partial charge is 0.345 e. The Hall–Kier alpha value is -4.00. The van der Waals surface area contributed by atoms with E-state index in [-0.39, 0.29) is 5.92 Å². The standard InChI is InChI=1S/C28H26N6O/c35-28(21-5-6-21)33-12-10-18(15-33)16-34-26-9-11-29-14-25(26)32-27(34)20-3-1-19(2-4-20)22-7-8-23-24(13-22)31-17-30-23/h1-4,7-9,11,13-14,17-18,21H,5-6,10,12,15-16H2,(H,30,31). The van der Waals surface area contributed by atoms with Crippen LogP contribution in [0.25, 0.3) is 44.6 Å². The molecule has 1 N–H and O–H groups in total. The van der Waals surface area contributed by atoms with Crippen LogP contribution in [0, 0.1) is 11.8 Å². The Morgan fingerprint density at radius 2 is 1.80 bits per heavy atom. The van der Waals surface area contributed by atoms with E-state index in [1.54, 1.807) is 6.33 Å². The second-order valence-electron chi connectivity index (χ2n) is 9.84. The zero-order chi connectivity index (χ0) is 23.4. The number of hydrogen-bond donors (Lipinski definition) is 1. The maximum atomic E-state index is 12.6. The molecule has 1 atom stereocenters. The summed E-state index contributed by atoms with van der Waals surface area (Å²) in [6.45, 7) is 2.57. The van der Waals surface area contributed by atoms with Crippen LogP contribution in [0.3, 0.4) is 0 Å². The van der Waals surface area contributed by atoms with Crippen molar-refractivity contribution in [1.82, 2.24) is 29.4 Å². The van der Waals surface area contributed by atoms with E-state index < -0.39 is 0 Å². The van der Waals surface area contributed by atoms with Crippen LogP contribution in [0.2, 0.25) is 0 Å². The number of hydrogen-bond acceptors (Lipinski definition) is 4. The number of nitrogens with one attached hydrogen (secondary N) is 1. The number of imidazole rings is 2. The van der Waals surface area contributed by atoms with E-state index in [1.807, 2.05) is 24.5 Å². The average molecular weight is 463 g/mol. The number of likely N-dealkylation sites (tertiary alicyclic amines) is 1. The van der Waals surface area contributed by atoms with E-state index in [4.69, 9.17) is 4.98 Å². The molecule has 1 amide bonds. The number of benzene rings is 2. The minimum Gasteiger partial charge on any atom is -0.345 e. The van der Waals surface area contributed by atoms with Gasteiger partial charge in [0.05, 0.1) is 29.1 Å². The van der Waals surface area contributed by atoms with Crippen molar-refractivity contribution in [2.24, 2.45) is 11.8 Å². The lowest BCUT2D eigenvalue weighted by molar-refractivity contribution is -0.131. The predicted octanol–water partition coefficient (Wildman–Crippen LogP) is 4.90. The van der Waals surface area contributed by atoms with Gasteiger partial charge in [-0.1, -0.05) is 30.3 Å². The molecule has 5 aromatic rings. The number of pyridine rings is 1. The third kappa shape index (κ3) is 3.67. The van der Waals surface area contributed by atoms with E-state index in [1.165, 1.54) is 0 Å². The number of carbonyl (C=O) groups is 1. The number of fused-ring (bicyclic) bond motifs is 2. The van der Waals surface area contributed by atoms with Gasteiger partial charge < -0.3 is 14.5 Å². The van der Waals surface area contributed by atoms with Gasteiger partial charge in [-0.05, 0) is 54.5 Å². The number of nitrogens with zero attached hydrogens (tertiary/aromatic N) is 5. The van der Waals surface area contributed by atoms with Gasteiger partial charge in [0.1, 0.15) is 11.3 Å². The molecule has 2 fully saturated rings. The number of H-pyrrole nitrogens is 1. The Kier molecular flexibility index (Phi) is 4.68. The molecule has 1 aliphatic heterocycles. The Morgan fingerprint density at radius 1 is 0.971 bits per heavy atom. The maximum absolute atomic E-state index is 12.6. The highest BCUT2D eigenvalue weighted by molar-refractivity contribution is 5.83. The van der Waals surface area contributed by atoms with Crippen LogP contribution >= 0.6 is 0 Å². The fourth-order valence-corrected chi connectivity index (χ4v) is 5.34. The van der Waals surface area contributed by atoms with Crippen molar-refractivity contribution in [1.29, 1.82) is 0 Å². The van der Waals surface area contributed by atoms with Crippen molar-refractivity contribution in [2.75, 3.05) is 13.1 Å². The topological polar surface area (TPSA) is 79.7 Å². The van der Waals surface area contributed by atoms with Crippen LogP contribution in [-0.4, -0.2) is 48.4 Å². The third-order valence-electron chi connectivity index (χ3n) is 7.41. The van der Waals surface area contributed by atoms with E-state index in [2.05, 4.69) is 60.8 Å². The van der Waals surface area contributed by atoms with Crippen molar-refractivity contribution in [3.63, 3.8) is 0 Å². The highest BCUT2D eigenvalue weighted by atomic mass is 16.2. The lowest BCUT2D eigenvalue weighted by Gasteiger charge is -2.18. The molecule has 0 radical (unpaired) electrons. The minimum absolute atomic E-state index is 0.289. The fourth-order valence-electron chi connectivity index (χ4n) is 5.34. The summed E-state index contributed by atoms with van der Waals surface area (Å²) in [5, 5.41) is 0. The lowest BCUT2D eigenvalue weighted by atomic mass is 10.0.